The first-order chi connectivity index (χ1) is 10.7. The number of rotatable bonds is 4. The molecule has 1 atom stereocenters. The van der Waals surface area contributed by atoms with Gasteiger partial charge in [-0.2, -0.15) is 17.0 Å². The number of carbonyl (C=O) groups is 1. The Morgan fingerprint density at radius 2 is 2.00 bits per heavy atom. The van der Waals surface area contributed by atoms with Gasteiger partial charge in [-0.05, 0) is 25.0 Å². The van der Waals surface area contributed by atoms with E-state index >= 15 is 0 Å². The molecule has 0 radical (unpaired) electrons. The maximum absolute atomic E-state index is 12.6. The standard InChI is InChI=1S/C16H25N3O2S/c17-11-15(3-1-2-4-15)14(20)18-12-16(5-10-22-13-16)19-6-8-21-9-7-19/h1-10,12-13H2,(H,18,20)/t16-/m1/s1. The number of nitrogens with zero attached hydrogens (tertiary/aromatic N) is 2. The van der Waals surface area contributed by atoms with Crippen molar-refractivity contribution in [1.29, 1.82) is 5.26 Å². The molecule has 0 aromatic rings. The third-order valence-electron chi connectivity index (χ3n) is 5.45. The minimum atomic E-state index is -0.766. The fourth-order valence-corrected chi connectivity index (χ4v) is 5.39. The van der Waals surface area contributed by atoms with Crippen molar-refractivity contribution >= 4 is 17.7 Å². The summed E-state index contributed by atoms with van der Waals surface area (Å²) in [7, 11) is 0. The van der Waals surface area contributed by atoms with E-state index in [-0.39, 0.29) is 11.4 Å². The van der Waals surface area contributed by atoms with E-state index < -0.39 is 5.41 Å². The topological polar surface area (TPSA) is 65.4 Å². The van der Waals surface area contributed by atoms with Crippen LogP contribution in [0.5, 0.6) is 0 Å². The third kappa shape index (κ3) is 2.99. The SMILES string of the molecule is N#CC1(C(=O)NC[C@]2(N3CCOCC3)CCSC2)CCCC1. The van der Waals surface area contributed by atoms with Crippen LogP contribution in [-0.2, 0) is 9.53 Å². The Kier molecular flexibility index (Phi) is 4.96. The second-order valence-electron chi connectivity index (χ2n) is 6.71. The molecule has 2 aliphatic heterocycles. The lowest BCUT2D eigenvalue weighted by Crippen LogP contribution is -2.60. The van der Waals surface area contributed by atoms with Crippen LogP contribution in [0.3, 0.4) is 0 Å². The zero-order valence-corrected chi connectivity index (χ0v) is 13.9. The molecule has 1 amide bonds. The summed E-state index contributed by atoms with van der Waals surface area (Å²) in [4.78, 5) is 15.1. The largest absolute Gasteiger partial charge is 0.379 e. The van der Waals surface area contributed by atoms with Crippen molar-refractivity contribution in [1.82, 2.24) is 10.2 Å². The molecule has 2 saturated heterocycles. The van der Waals surface area contributed by atoms with Crippen LogP contribution in [0, 0.1) is 16.7 Å². The summed E-state index contributed by atoms with van der Waals surface area (Å²) in [6, 6.07) is 2.29. The first kappa shape index (κ1) is 16.1. The fraction of sp³-hybridized carbons (Fsp3) is 0.875. The average Bonchev–Trinajstić information content (AvgIpc) is 3.24. The Morgan fingerprint density at radius 3 is 2.59 bits per heavy atom. The quantitative estimate of drug-likeness (QED) is 0.847. The van der Waals surface area contributed by atoms with Crippen LogP contribution in [0.1, 0.15) is 32.1 Å². The highest BCUT2D eigenvalue weighted by atomic mass is 32.2. The molecule has 5 nitrogen and oxygen atoms in total. The van der Waals surface area contributed by atoms with Crippen molar-refractivity contribution in [3.05, 3.63) is 0 Å². The molecule has 3 fully saturated rings. The van der Waals surface area contributed by atoms with E-state index in [1.165, 1.54) is 0 Å². The van der Waals surface area contributed by atoms with Gasteiger partial charge in [0.25, 0.3) is 0 Å². The molecule has 0 bridgehead atoms. The van der Waals surface area contributed by atoms with Crippen LogP contribution in [0.15, 0.2) is 0 Å². The Balaban J connectivity index is 1.64. The Labute approximate surface area is 136 Å². The van der Waals surface area contributed by atoms with E-state index in [0.29, 0.717) is 19.4 Å². The van der Waals surface area contributed by atoms with E-state index in [1.54, 1.807) is 0 Å². The zero-order chi connectivity index (χ0) is 15.5. The minimum Gasteiger partial charge on any atom is -0.379 e. The molecule has 2 heterocycles. The van der Waals surface area contributed by atoms with Gasteiger partial charge in [0.15, 0.2) is 0 Å². The lowest BCUT2D eigenvalue weighted by molar-refractivity contribution is -0.128. The predicted molar refractivity (Wildman–Crippen MR) is 86.6 cm³/mol. The van der Waals surface area contributed by atoms with Crippen molar-refractivity contribution < 1.29 is 9.53 Å². The summed E-state index contributed by atoms with van der Waals surface area (Å²) in [6.45, 7) is 4.12. The predicted octanol–water partition coefficient (Wildman–Crippen LogP) is 1.39. The number of morpholine rings is 1. The molecule has 6 heteroatoms. The van der Waals surface area contributed by atoms with Gasteiger partial charge in [0.2, 0.25) is 5.91 Å². The first-order valence-electron chi connectivity index (χ1n) is 8.31. The number of hydrogen-bond acceptors (Lipinski definition) is 5. The molecule has 0 aromatic heterocycles. The molecule has 0 aromatic carbocycles. The Morgan fingerprint density at radius 1 is 1.27 bits per heavy atom. The summed E-state index contributed by atoms with van der Waals surface area (Å²) in [6.07, 6.45) is 4.53. The summed E-state index contributed by atoms with van der Waals surface area (Å²) < 4.78 is 5.47. The highest BCUT2D eigenvalue weighted by Gasteiger charge is 2.45. The molecular weight excluding hydrogens is 298 g/mol. The van der Waals surface area contributed by atoms with Gasteiger partial charge in [-0.1, -0.05) is 12.8 Å². The van der Waals surface area contributed by atoms with Crippen LogP contribution in [0.2, 0.25) is 0 Å². The van der Waals surface area contributed by atoms with E-state index in [0.717, 1.165) is 57.1 Å². The summed E-state index contributed by atoms with van der Waals surface area (Å²) in [5, 5.41) is 12.6. The van der Waals surface area contributed by atoms with Crippen molar-refractivity contribution in [2.45, 2.75) is 37.6 Å². The molecule has 122 valence electrons. The van der Waals surface area contributed by atoms with Crippen LogP contribution in [0.25, 0.3) is 0 Å². The number of ether oxygens (including phenoxy) is 1. The maximum Gasteiger partial charge on any atom is 0.240 e. The molecular formula is C16H25N3O2S. The van der Waals surface area contributed by atoms with Gasteiger partial charge in [0.1, 0.15) is 5.41 Å². The van der Waals surface area contributed by atoms with Crippen LogP contribution < -0.4 is 5.32 Å². The minimum absolute atomic E-state index is 0.0444. The Bertz CT molecular complexity index is 445. The van der Waals surface area contributed by atoms with Crippen molar-refractivity contribution in [3.8, 4) is 6.07 Å². The number of thioether (sulfide) groups is 1. The number of hydrogen-bond donors (Lipinski definition) is 1. The molecule has 0 unspecified atom stereocenters. The fourth-order valence-electron chi connectivity index (χ4n) is 3.92. The van der Waals surface area contributed by atoms with E-state index in [4.69, 9.17) is 4.74 Å². The van der Waals surface area contributed by atoms with Gasteiger partial charge in [0, 0.05) is 30.9 Å². The van der Waals surface area contributed by atoms with Gasteiger partial charge in [0.05, 0.1) is 19.3 Å². The molecule has 3 rings (SSSR count). The molecule has 1 saturated carbocycles. The monoisotopic (exact) mass is 323 g/mol. The van der Waals surface area contributed by atoms with Gasteiger partial charge in [-0.25, -0.2) is 0 Å². The number of amides is 1. The van der Waals surface area contributed by atoms with Crippen molar-refractivity contribution in [3.63, 3.8) is 0 Å². The lowest BCUT2D eigenvalue weighted by Gasteiger charge is -2.43. The smallest absolute Gasteiger partial charge is 0.240 e. The summed E-state index contributed by atoms with van der Waals surface area (Å²) in [5.41, 5.74) is -0.711. The van der Waals surface area contributed by atoms with Crippen LogP contribution in [-0.4, -0.2) is 60.7 Å². The first-order valence-corrected chi connectivity index (χ1v) is 9.46. The van der Waals surface area contributed by atoms with E-state index in [2.05, 4.69) is 16.3 Å². The van der Waals surface area contributed by atoms with Gasteiger partial charge >= 0.3 is 0 Å². The third-order valence-corrected chi connectivity index (χ3v) is 6.68. The van der Waals surface area contributed by atoms with Crippen molar-refractivity contribution in [2.24, 2.45) is 5.41 Å². The summed E-state index contributed by atoms with van der Waals surface area (Å²) in [5.74, 6) is 2.17. The highest BCUT2D eigenvalue weighted by Crippen LogP contribution is 2.38. The number of carbonyl (C=O) groups excluding carboxylic acids is 1. The van der Waals surface area contributed by atoms with Gasteiger partial charge in [-0.15, -0.1) is 0 Å². The van der Waals surface area contributed by atoms with Crippen molar-refractivity contribution in [2.75, 3.05) is 44.4 Å². The van der Waals surface area contributed by atoms with E-state index in [1.807, 2.05) is 11.8 Å². The molecule has 0 spiro atoms. The second kappa shape index (κ2) is 6.77. The van der Waals surface area contributed by atoms with Gasteiger partial charge in [-0.3, -0.25) is 9.69 Å². The maximum atomic E-state index is 12.6. The molecule has 22 heavy (non-hydrogen) atoms. The average molecular weight is 323 g/mol. The zero-order valence-electron chi connectivity index (χ0n) is 13.1. The molecule has 1 N–H and O–H groups in total. The summed E-state index contributed by atoms with van der Waals surface area (Å²) >= 11 is 1.96. The molecule has 3 aliphatic rings. The Hall–Kier alpha value is -0.770. The number of nitriles is 1. The van der Waals surface area contributed by atoms with Crippen LogP contribution >= 0.6 is 11.8 Å². The molecule has 1 aliphatic carbocycles. The highest BCUT2D eigenvalue weighted by molar-refractivity contribution is 7.99. The normalized spacial score (nSPS) is 31.8. The van der Waals surface area contributed by atoms with Gasteiger partial charge < -0.3 is 10.1 Å². The second-order valence-corrected chi connectivity index (χ2v) is 7.82. The lowest BCUT2D eigenvalue weighted by atomic mass is 9.86. The van der Waals surface area contributed by atoms with Crippen LogP contribution in [0.4, 0.5) is 0 Å². The number of nitrogens with one attached hydrogen (secondary N) is 1. The van der Waals surface area contributed by atoms with E-state index in [9.17, 15) is 10.1 Å².